The van der Waals surface area contributed by atoms with Gasteiger partial charge in [0.25, 0.3) is 0 Å². The molecule has 58 heavy (non-hydrogen) atoms. The fourth-order valence-electron chi connectivity index (χ4n) is 6.77. The fraction of sp³-hybridized carbons (Fsp3) is 0.891. The lowest BCUT2D eigenvalue weighted by molar-refractivity contribution is -0.161. The molecular weight excluding hydrogens is 757 g/mol. The van der Waals surface area contributed by atoms with Crippen LogP contribution in [0.2, 0.25) is 0 Å². The summed E-state index contributed by atoms with van der Waals surface area (Å²) in [5.41, 5.74) is 5.34. The summed E-state index contributed by atoms with van der Waals surface area (Å²) in [6, 6.07) is -1.52. The van der Waals surface area contributed by atoms with Crippen LogP contribution in [-0.2, 0) is 37.5 Å². The zero-order valence-electron chi connectivity index (χ0n) is 37.2. The SMILES string of the molecule is CCCCCCCC/C=C/CCCCCCCCCCCC(=O)OC[C@H](COP(=O)(O)OC[C@H](N)C(=O)O)OC(=O)CCCCCCCCCCCCCCCCC. The van der Waals surface area contributed by atoms with Crippen LogP contribution in [0, 0.1) is 0 Å². The van der Waals surface area contributed by atoms with Gasteiger partial charge in [0.2, 0.25) is 0 Å². The molecule has 0 aromatic heterocycles. The van der Waals surface area contributed by atoms with Gasteiger partial charge in [0.15, 0.2) is 6.10 Å². The molecule has 0 aliphatic rings. The molecule has 0 saturated heterocycles. The predicted molar refractivity (Wildman–Crippen MR) is 236 cm³/mol. The molecule has 4 N–H and O–H groups in total. The Morgan fingerprint density at radius 1 is 0.517 bits per heavy atom. The van der Waals surface area contributed by atoms with Crippen LogP contribution in [0.1, 0.15) is 232 Å². The first-order valence-electron chi connectivity index (χ1n) is 23.7. The summed E-state index contributed by atoms with van der Waals surface area (Å²) in [5, 5.41) is 8.90. The van der Waals surface area contributed by atoms with E-state index in [0.29, 0.717) is 12.8 Å². The number of hydrogen-bond donors (Lipinski definition) is 3. The van der Waals surface area contributed by atoms with Crippen LogP contribution in [0.25, 0.3) is 0 Å². The number of carboxylic acid groups (broad SMARTS) is 1. The van der Waals surface area contributed by atoms with E-state index >= 15 is 0 Å². The van der Waals surface area contributed by atoms with E-state index in [1.54, 1.807) is 0 Å². The van der Waals surface area contributed by atoms with Gasteiger partial charge >= 0.3 is 25.7 Å². The van der Waals surface area contributed by atoms with Crippen molar-refractivity contribution in [3.8, 4) is 0 Å². The molecule has 3 atom stereocenters. The van der Waals surface area contributed by atoms with E-state index in [9.17, 15) is 23.8 Å². The van der Waals surface area contributed by atoms with Crippen LogP contribution in [-0.4, -0.2) is 59.9 Å². The number of carbonyl (C=O) groups is 3. The average molecular weight is 846 g/mol. The van der Waals surface area contributed by atoms with Crippen LogP contribution in [0.4, 0.5) is 0 Å². The third-order valence-corrected chi connectivity index (χ3v) is 11.5. The Balaban J connectivity index is 4.26. The van der Waals surface area contributed by atoms with Gasteiger partial charge in [-0.15, -0.1) is 0 Å². The van der Waals surface area contributed by atoms with Crippen molar-refractivity contribution in [3.63, 3.8) is 0 Å². The van der Waals surface area contributed by atoms with Gasteiger partial charge in [0.1, 0.15) is 12.6 Å². The number of unbranched alkanes of at least 4 members (excludes halogenated alkanes) is 29. The van der Waals surface area contributed by atoms with Crippen molar-refractivity contribution in [1.82, 2.24) is 0 Å². The number of nitrogens with two attached hydrogens (primary N) is 1. The summed E-state index contributed by atoms with van der Waals surface area (Å²) in [6.45, 7) is 2.83. The molecule has 0 rings (SSSR count). The summed E-state index contributed by atoms with van der Waals surface area (Å²) in [4.78, 5) is 46.0. The number of phosphoric acid groups is 1. The van der Waals surface area contributed by atoms with Crippen LogP contribution in [0.15, 0.2) is 12.2 Å². The number of ether oxygens (including phenoxy) is 2. The predicted octanol–water partition coefficient (Wildman–Crippen LogP) is 12.8. The molecule has 0 aromatic carbocycles. The molecule has 12 heteroatoms. The lowest BCUT2D eigenvalue weighted by Gasteiger charge is -2.20. The lowest BCUT2D eigenvalue weighted by atomic mass is 10.0. The average Bonchev–Trinajstić information content (AvgIpc) is 3.20. The molecular formula is C46H88NO10P. The Hall–Kier alpha value is -1.78. The smallest absolute Gasteiger partial charge is 0.472 e. The van der Waals surface area contributed by atoms with Gasteiger partial charge in [0, 0.05) is 12.8 Å². The standard InChI is InChI=1S/C46H88NO10P/c1-3-5-7-9-11-13-15-17-19-20-21-22-24-25-27-29-31-33-35-37-44(48)54-39-42(40-55-58(52,53)56-41-43(47)46(50)51)57-45(49)38-36-34-32-30-28-26-23-18-16-14-12-10-8-6-4-2/h17,19,42-43H,3-16,18,20-41,47H2,1-2H3,(H,50,51)(H,52,53)/b19-17+/t42-,43+/m1/s1. The van der Waals surface area contributed by atoms with Crippen molar-refractivity contribution < 1.29 is 47.5 Å². The minimum atomic E-state index is -4.71. The maximum atomic E-state index is 12.6. The highest BCUT2D eigenvalue weighted by atomic mass is 31.2. The molecule has 0 aromatic rings. The highest BCUT2D eigenvalue weighted by Crippen LogP contribution is 2.43. The minimum absolute atomic E-state index is 0.167. The first-order valence-corrected chi connectivity index (χ1v) is 25.2. The number of carboxylic acids is 1. The van der Waals surface area contributed by atoms with E-state index in [0.717, 1.165) is 38.5 Å². The summed E-state index contributed by atoms with van der Waals surface area (Å²) in [7, 11) is -4.71. The van der Waals surface area contributed by atoms with Crippen molar-refractivity contribution in [1.29, 1.82) is 0 Å². The number of esters is 2. The molecule has 11 nitrogen and oxygen atoms in total. The summed E-state index contributed by atoms with van der Waals surface area (Å²) >= 11 is 0. The summed E-state index contributed by atoms with van der Waals surface area (Å²) in [6.07, 6.45) is 42.7. The zero-order valence-corrected chi connectivity index (χ0v) is 38.1. The summed E-state index contributed by atoms with van der Waals surface area (Å²) < 4.78 is 32.8. The van der Waals surface area contributed by atoms with E-state index in [4.69, 9.17) is 24.8 Å². The van der Waals surface area contributed by atoms with Crippen molar-refractivity contribution in [2.75, 3.05) is 19.8 Å². The molecule has 0 fully saturated rings. The van der Waals surface area contributed by atoms with E-state index in [1.165, 1.54) is 154 Å². The molecule has 0 bridgehead atoms. The zero-order chi connectivity index (χ0) is 42.8. The Bertz CT molecular complexity index is 1040. The topological polar surface area (TPSA) is 172 Å². The third kappa shape index (κ3) is 41.0. The third-order valence-electron chi connectivity index (χ3n) is 10.5. The quantitative estimate of drug-likeness (QED) is 0.0230. The highest BCUT2D eigenvalue weighted by molar-refractivity contribution is 7.47. The van der Waals surface area contributed by atoms with Crippen LogP contribution < -0.4 is 5.73 Å². The number of aliphatic carboxylic acids is 1. The number of rotatable bonds is 45. The van der Waals surface area contributed by atoms with E-state index in [1.807, 2.05) is 0 Å². The molecule has 0 radical (unpaired) electrons. The number of hydrogen-bond acceptors (Lipinski definition) is 9. The van der Waals surface area contributed by atoms with Gasteiger partial charge in [-0.2, -0.15) is 0 Å². The van der Waals surface area contributed by atoms with Gasteiger partial charge in [0.05, 0.1) is 13.2 Å². The highest BCUT2D eigenvalue weighted by Gasteiger charge is 2.28. The lowest BCUT2D eigenvalue weighted by Crippen LogP contribution is -2.34. The molecule has 0 amide bonds. The van der Waals surface area contributed by atoms with Crippen LogP contribution in [0.3, 0.4) is 0 Å². The maximum Gasteiger partial charge on any atom is 0.472 e. The van der Waals surface area contributed by atoms with Crippen molar-refractivity contribution in [2.24, 2.45) is 5.73 Å². The second kappa shape index (κ2) is 41.9. The molecule has 0 aliphatic carbocycles. The molecule has 342 valence electrons. The van der Waals surface area contributed by atoms with Crippen molar-refractivity contribution in [3.05, 3.63) is 12.2 Å². The molecule has 0 heterocycles. The van der Waals surface area contributed by atoms with E-state index < -0.39 is 51.1 Å². The molecule has 1 unspecified atom stereocenters. The van der Waals surface area contributed by atoms with Crippen molar-refractivity contribution in [2.45, 2.75) is 244 Å². The van der Waals surface area contributed by atoms with Crippen LogP contribution in [0.5, 0.6) is 0 Å². The normalized spacial score (nSPS) is 13.7. The number of phosphoric ester groups is 1. The van der Waals surface area contributed by atoms with Gasteiger partial charge < -0.3 is 25.2 Å². The van der Waals surface area contributed by atoms with E-state index in [-0.39, 0.29) is 19.4 Å². The molecule has 0 aliphatic heterocycles. The Morgan fingerprint density at radius 2 is 0.862 bits per heavy atom. The van der Waals surface area contributed by atoms with Gasteiger partial charge in [-0.1, -0.05) is 193 Å². The van der Waals surface area contributed by atoms with Gasteiger partial charge in [-0.3, -0.25) is 23.4 Å². The van der Waals surface area contributed by atoms with Crippen LogP contribution >= 0.6 is 7.82 Å². The first kappa shape index (κ1) is 56.2. The number of carbonyl (C=O) groups excluding carboxylic acids is 2. The first-order chi connectivity index (χ1) is 28.1. The molecule has 0 spiro atoms. The Labute approximate surface area is 354 Å². The largest absolute Gasteiger partial charge is 0.480 e. The Kier molecular flexibility index (Phi) is 40.6. The number of allylic oxidation sites excluding steroid dienone is 2. The minimum Gasteiger partial charge on any atom is -0.480 e. The van der Waals surface area contributed by atoms with Crippen molar-refractivity contribution >= 4 is 25.7 Å². The Morgan fingerprint density at radius 3 is 1.26 bits per heavy atom. The second-order valence-corrected chi connectivity index (χ2v) is 17.7. The fourth-order valence-corrected chi connectivity index (χ4v) is 7.55. The van der Waals surface area contributed by atoms with Gasteiger partial charge in [-0.25, -0.2) is 4.57 Å². The van der Waals surface area contributed by atoms with E-state index in [2.05, 4.69) is 30.5 Å². The second-order valence-electron chi connectivity index (χ2n) is 16.2. The summed E-state index contributed by atoms with van der Waals surface area (Å²) in [5.74, 6) is -2.36. The monoisotopic (exact) mass is 846 g/mol. The van der Waals surface area contributed by atoms with Gasteiger partial charge in [-0.05, 0) is 38.5 Å². The maximum absolute atomic E-state index is 12.6. The molecule has 0 saturated carbocycles.